The van der Waals surface area contributed by atoms with E-state index in [0.29, 0.717) is 31.9 Å². The van der Waals surface area contributed by atoms with Crippen molar-refractivity contribution >= 4 is 27.8 Å². The van der Waals surface area contributed by atoms with Crippen molar-refractivity contribution in [3.63, 3.8) is 0 Å². The highest BCUT2D eigenvalue weighted by Crippen LogP contribution is 2.17. The van der Waals surface area contributed by atoms with Crippen LogP contribution < -0.4 is 4.74 Å². The van der Waals surface area contributed by atoms with Gasteiger partial charge in [-0.15, -0.1) is 0 Å². The fraction of sp³-hybridized carbons (Fsp3) is 0.429. The number of hydrogen-bond acceptors (Lipinski definition) is 4. The molecule has 1 saturated heterocycles. The maximum absolute atomic E-state index is 12.0. The molecule has 0 aromatic heterocycles. The van der Waals surface area contributed by atoms with Crippen LogP contribution in [0.2, 0.25) is 0 Å². The molecule has 1 fully saturated rings. The zero-order chi connectivity index (χ0) is 15.2. The summed E-state index contributed by atoms with van der Waals surface area (Å²) in [6.45, 7) is 2.25. The predicted octanol–water partition coefficient (Wildman–Crippen LogP) is 1.06. The average molecular weight is 357 g/mol. The minimum Gasteiger partial charge on any atom is -0.484 e. The summed E-state index contributed by atoms with van der Waals surface area (Å²) in [5.41, 5.74) is 0. The molecule has 21 heavy (non-hydrogen) atoms. The summed E-state index contributed by atoms with van der Waals surface area (Å²) in [6.07, 6.45) is 0. The number of hydrogen-bond donors (Lipinski definition) is 1. The molecule has 0 unspecified atom stereocenters. The highest BCUT2D eigenvalue weighted by Gasteiger charge is 2.22. The van der Waals surface area contributed by atoms with E-state index in [2.05, 4.69) is 15.9 Å². The van der Waals surface area contributed by atoms with Crippen LogP contribution in [-0.2, 0) is 9.59 Å². The van der Waals surface area contributed by atoms with E-state index in [1.54, 1.807) is 17.0 Å². The first-order valence-electron chi connectivity index (χ1n) is 6.65. The van der Waals surface area contributed by atoms with Crippen molar-refractivity contribution in [2.24, 2.45) is 0 Å². The molecule has 0 aliphatic carbocycles. The van der Waals surface area contributed by atoms with Crippen molar-refractivity contribution in [1.29, 1.82) is 0 Å². The zero-order valence-electron chi connectivity index (χ0n) is 11.5. The van der Waals surface area contributed by atoms with E-state index in [1.165, 1.54) is 0 Å². The monoisotopic (exact) mass is 356 g/mol. The van der Waals surface area contributed by atoms with Crippen molar-refractivity contribution in [2.75, 3.05) is 39.3 Å². The Morgan fingerprint density at radius 1 is 1.24 bits per heavy atom. The SMILES string of the molecule is O=C(O)CN1CCN(C(=O)COc2cccc(Br)c2)CC1. The van der Waals surface area contributed by atoms with E-state index in [9.17, 15) is 9.59 Å². The number of carboxylic acids is 1. The van der Waals surface area contributed by atoms with Gasteiger partial charge in [-0.3, -0.25) is 14.5 Å². The number of carboxylic acid groups (broad SMARTS) is 1. The van der Waals surface area contributed by atoms with Crippen molar-refractivity contribution in [3.8, 4) is 5.75 Å². The van der Waals surface area contributed by atoms with E-state index in [0.717, 1.165) is 4.47 Å². The largest absolute Gasteiger partial charge is 0.484 e. The van der Waals surface area contributed by atoms with Gasteiger partial charge in [-0.1, -0.05) is 22.0 Å². The molecule has 0 bridgehead atoms. The molecule has 1 heterocycles. The average Bonchev–Trinajstić information content (AvgIpc) is 2.45. The van der Waals surface area contributed by atoms with Crippen LogP contribution in [0.5, 0.6) is 5.75 Å². The summed E-state index contributed by atoms with van der Waals surface area (Å²) in [5.74, 6) is -0.278. The highest BCUT2D eigenvalue weighted by molar-refractivity contribution is 9.10. The van der Waals surface area contributed by atoms with Gasteiger partial charge in [-0.05, 0) is 18.2 Å². The van der Waals surface area contributed by atoms with Gasteiger partial charge in [0.05, 0.1) is 6.54 Å². The lowest BCUT2D eigenvalue weighted by Gasteiger charge is -2.33. The molecule has 0 spiro atoms. The molecule has 1 amide bonds. The van der Waals surface area contributed by atoms with E-state index in [-0.39, 0.29) is 19.1 Å². The fourth-order valence-electron chi connectivity index (χ4n) is 2.14. The van der Waals surface area contributed by atoms with Gasteiger partial charge in [-0.2, -0.15) is 0 Å². The van der Waals surface area contributed by atoms with Crippen LogP contribution in [0.25, 0.3) is 0 Å². The molecule has 1 aliphatic rings. The van der Waals surface area contributed by atoms with Gasteiger partial charge in [0.25, 0.3) is 5.91 Å². The number of halogens is 1. The minimum atomic E-state index is -0.840. The third-order valence-corrected chi connectivity index (χ3v) is 3.74. The third kappa shape index (κ3) is 5.02. The van der Waals surface area contributed by atoms with Crippen molar-refractivity contribution in [2.45, 2.75) is 0 Å². The molecule has 2 rings (SSSR count). The van der Waals surface area contributed by atoms with Gasteiger partial charge < -0.3 is 14.7 Å². The predicted molar refractivity (Wildman–Crippen MR) is 80.3 cm³/mol. The summed E-state index contributed by atoms with van der Waals surface area (Å²) in [4.78, 5) is 26.2. The first-order valence-corrected chi connectivity index (χ1v) is 7.44. The number of ether oxygens (including phenoxy) is 1. The van der Waals surface area contributed by atoms with Crippen LogP contribution in [0.1, 0.15) is 0 Å². The Morgan fingerprint density at radius 3 is 2.57 bits per heavy atom. The first kappa shape index (κ1) is 15.8. The number of piperazine rings is 1. The summed E-state index contributed by atoms with van der Waals surface area (Å²) in [5, 5.41) is 8.73. The molecule has 1 N–H and O–H groups in total. The van der Waals surface area contributed by atoms with Gasteiger partial charge in [0.15, 0.2) is 6.61 Å². The van der Waals surface area contributed by atoms with Crippen LogP contribution in [0.4, 0.5) is 0 Å². The number of nitrogens with zero attached hydrogens (tertiary/aromatic N) is 2. The second-order valence-electron chi connectivity index (χ2n) is 4.80. The van der Waals surface area contributed by atoms with Crippen LogP contribution >= 0.6 is 15.9 Å². The standard InChI is InChI=1S/C14H17BrN2O4/c15-11-2-1-3-12(8-11)21-10-13(18)17-6-4-16(5-7-17)9-14(19)20/h1-3,8H,4-7,9-10H2,(H,19,20). The maximum atomic E-state index is 12.0. The van der Waals surface area contributed by atoms with Crippen molar-refractivity contribution < 1.29 is 19.4 Å². The number of carbonyl (C=O) groups excluding carboxylic acids is 1. The lowest BCUT2D eigenvalue weighted by atomic mass is 10.3. The lowest BCUT2D eigenvalue weighted by molar-refractivity contribution is -0.139. The second-order valence-corrected chi connectivity index (χ2v) is 5.71. The van der Waals surface area contributed by atoms with E-state index >= 15 is 0 Å². The molecule has 0 atom stereocenters. The van der Waals surface area contributed by atoms with Crippen LogP contribution in [0.15, 0.2) is 28.7 Å². The Bertz CT molecular complexity index is 515. The third-order valence-electron chi connectivity index (χ3n) is 3.24. The summed E-state index contributed by atoms with van der Waals surface area (Å²) >= 11 is 3.34. The zero-order valence-corrected chi connectivity index (χ0v) is 13.1. The molecule has 1 aromatic carbocycles. The Hall–Kier alpha value is -1.60. The van der Waals surface area contributed by atoms with Crippen molar-refractivity contribution in [1.82, 2.24) is 9.80 Å². The molecular formula is C14H17BrN2O4. The summed E-state index contributed by atoms with van der Waals surface area (Å²) in [6, 6.07) is 7.33. The number of aliphatic carboxylic acids is 1. The van der Waals surface area contributed by atoms with Gasteiger partial charge in [0.2, 0.25) is 0 Å². The lowest BCUT2D eigenvalue weighted by Crippen LogP contribution is -2.51. The Morgan fingerprint density at radius 2 is 1.95 bits per heavy atom. The number of benzene rings is 1. The molecule has 1 aliphatic heterocycles. The van der Waals surface area contributed by atoms with Crippen LogP contribution in [0, 0.1) is 0 Å². The van der Waals surface area contributed by atoms with Gasteiger partial charge >= 0.3 is 5.97 Å². The molecule has 7 heteroatoms. The summed E-state index contributed by atoms with van der Waals surface area (Å²) < 4.78 is 6.36. The van der Waals surface area contributed by atoms with Crippen molar-refractivity contribution in [3.05, 3.63) is 28.7 Å². The fourth-order valence-corrected chi connectivity index (χ4v) is 2.52. The maximum Gasteiger partial charge on any atom is 0.317 e. The van der Waals surface area contributed by atoms with E-state index in [4.69, 9.17) is 9.84 Å². The smallest absolute Gasteiger partial charge is 0.317 e. The molecule has 6 nitrogen and oxygen atoms in total. The Labute approximate surface area is 131 Å². The number of rotatable bonds is 5. The van der Waals surface area contributed by atoms with Gasteiger partial charge in [0.1, 0.15) is 5.75 Å². The molecule has 0 saturated carbocycles. The van der Waals surface area contributed by atoms with Crippen LogP contribution in [-0.4, -0.2) is 66.1 Å². The molecule has 114 valence electrons. The second kappa shape index (κ2) is 7.42. The van der Waals surface area contributed by atoms with Gasteiger partial charge in [0, 0.05) is 30.7 Å². The minimum absolute atomic E-state index is 0.00458. The number of amides is 1. The topological polar surface area (TPSA) is 70.1 Å². The molecule has 0 radical (unpaired) electrons. The molecular weight excluding hydrogens is 340 g/mol. The molecule has 1 aromatic rings. The number of carbonyl (C=O) groups is 2. The Balaban J connectivity index is 1.76. The quantitative estimate of drug-likeness (QED) is 0.853. The highest BCUT2D eigenvalue weighted by atomic mass is 79.9. The summed E-state index contributed by atoms with van der Waals surface area (Å²) in [7, 11) is 0. The Kier molecular flexibility index (Phi) is 5.58. The normalized spacial score (nSPS) is 15.8. The van der Waals surface area contributed by atoms with Crippen LogP contribution in [0.3, 0.4) is 0 Å². The van der Waals surface area contributed by atoms with Gasteiger partial charge in [-0.25, -0.2) is 0 Å². The first-order chi connectivity index (χ1) is 10.0. The van der Waals surface area contributed by atoms with E-state index < -0.39 is 5.97 Å². The van der Waals surface area contributed by atoms with E-state index in [1.807, 2.05) is 17.0 Å².